The monoisotopic (exact) mass is 462 g/mol. The quantitative estimate of drug-likeness (QED) is 0.447. The Morgan fingerprint density at radius 1 is 1.24 bits per heavy atom. The highest BCUT2D eigenvalue weighted by Crippen LogP contribution is 2.68. The molecule has 0 aromatic carbocycles. The Labute approximate surface area is 193 Å². The summed E-state index contributed by atoms with van der Waals surface area (Å²) in [4.78, 5) is 37.3. The fourth-order valence-electron chi connectivity index (χ4n) is 7.56. The van der Waals surface area contributed by atoms with Crippen LogP contribution in [0.1, 0.15) is 59.3 Å². The zero-order valence-corrected chi connectivity index (χ0v) is 19.4. The van der Waals surface area contributed by atoms with E-state index in [0.717, 1.165) is 5.57 Å². The van der Waals surface area contributed by atoms with E-state index in [9.17, 15) is 34.8 Å². The van der Waals surface area contributed by atoms with Crippen LogP contribution in [-0.4, -0.2) is 62.4 Å². The molecule has 0 aliphatic heterocycles. The highest BCUT2D eigenvalue weighted by Gasteiger charge is 2.69. The summed E-state index contributed by atoms with van der Waals surface area (Å²) in [7, 11) is 0. The van der Waals surface area contributed by atoms with E-state index in [0.29, 0.717) is 19.3 Å². The first-order chi connectivity index (χ1) is 15.4. The third kappa shape index (κ3) is 3.29. The molecule has 0 amide bonds. The molecular formula is C25H34O8. The van der Waals surface area contributed by atoms with Gasteiger partial charge in [-0.2, -0.15) is 0 Å². The van der Waals surface area contributed by atoms with Crippen molar-refractivity contribution in [3.05, 3.63) is 23.5 Å². The highest BCUT2D eigenvalue weighted by molar-refractivity contribution is 6.02. The lowest BCUT2D eigenvalue weighted by molar-refractivity contribution is -0.185. The summed E-state index contributed by atoms with van der Waals surface area (Å²) in [5.41, 5.74) is -2.77. The van der Waals surface area contributed by atoms with Crippen molar-refractivity contribution >= 4 is 17.5 Å². The van der Waals surface area contributed by atoms with E-state index in [1.165, 1.54) is 6.08 Å². The van der Waals surface area contributed by atoms with Gasteiger partial charge in [-0.25, -0.2) is 4.79 Å². The van der Waals surface area contributed by atoms with Gasteiger partial charge in [0.2, 0.25) is 0 Å². The first kappa shape index (κ1) is 24.3. The van der Waals surface area contributed by atoms with E-state index < -0.39 is 52.9 Å². The number of carbonyl (C=O) groups excluding carboxylic acids is 3. The number of carbonyl (C=O) groups is 3. The van der Waals surface area contributed by atoms with Gasteiger partial charge in [-0.15, -0.1) is 0 Å². The van der Waals surface area contributed by atoms with Crippen LogP contribution in [-0.2, 0) is 19.1 Å². The van der Waals surface area contributed by atoms with Gasteiger partial charge < -0.3 is 25.2 Å². The van der Waals surface area contributed by atoms with Crippen LogP contribution in [0.15, 0.2) is 23.5 Å². The predicted molar refractivity (Wildman–Crippen MR) is 116 cm³/mol. The van der Waals surface area contributed by atoms with Crippen LogP contribution in [0.25, 0.3) is 0 Å². The molecule has 0 saturated heterocycles. The van der Waals surface area contributed by atoms with Crippen molar-refractivity contribution in [3.63, 3.8) is 0 Å². The Hall–Kier alpha value is -1.87. The number of allylic oxidation sites excluding steroid dienone is 3. The average molecular weight is 463 g/mol. The van der Waals surface area contributed by atoms with E-state index in [1.54, 1.807) is 13.0 Å². The molecule has 1 unspecified atom stereocenters. The summed E-state index contributed by atoms with van der Waals surface area (Å²) < 4.78 is 5.41. The van der Waals surface area contributed by atoms with Crippen molar-refractivity contribution in [1.29, 1.82) is 0 Å². The zero-order chi connectivity index (χ0) is 24.3. The van der Waals surface area contributed by atoms with Gasteiger partial charge in [0.25, 0.3) is 0 Å². The number of aliphatic hydroxyl groups is 4. The number of rotatable bonds is 5. The van der Waals surface area contributed by atoms with Crippen molar-refractivity contribution in [3.8, 4) is 0 Å². The van der Waals surface area contributed by atoms with Crippen molar-refractivity contribution in [2.75, 3.05) is 6.61 Å². The van der Waals surface area contributed by atoms with Crippen molar-refractivity contribution < 1.29 is 39.5 Å². The van der Waals surface area contributed by atoms with E-state index in [4.69, 9.17) is 4.74 Å². The minimum absolute atomic E-state index is 0.0882. The second-order valence-electron chi connectivity index (χ2n) is 10.6. The molecule has 0 aromatic rings. The van der Waals surface area contributed by atoms with Crippen LogP contribution in [0.3, 0.4) is 0 Å². The molecule has 8 nitrogen and oxygen atoms in total. The summed E-state index contributed by atoms with van der Waals surface area (Å²) in [6.07, 6.45) is 2.98. The third-order valence-corrected chi connectivity index (χ3v) is 9.24. The standard InChI is InChI=1S/C25H34O8/c1-4-17(28)22(31)25(32)8-7-16-15-6-5-13-9-14(27)10-19(33-20(30)12-26)24(13,3)21(15)18(29)11-23(16,25)2/h9-10,15-18,21,26,28-29,32H,4-8,11-12H2,1-3H3/t15-,16-,17?,18-,21+,23-,24+,25-/m0/s1. The van der Waals surface area contributed by atoms with Crippen LogP contribution in [0, 0.1) is 28.6 Å². The molecule has 0 radical (unpaired) electrons. The largest absolute Gasteiger partial charge is 0.428 e. The molecule has 33 heavy (non-hydrogen) atoms. The number of hydrogen-bond donors (Lipinski definition) is 4. The molecule has 3 fully saturated rings. The fourth-order valence-corrected chi connectivity index (χ4v) is 7.56. The Kier molecular flexibility index (Phi) is 5.97. The Morgan fingerprint density at radius 3 is 2.58 bits per heavy atom. The van der Waals surface area contributed by atoms with Crippen LogP contribution in [0.5, 0.6) is 0 Å². The number of ketones is 2. The zero-order valence-electron chi connectivity index (χ0n) is 19.4. The molecule has 0 heterocycles. The second kappa shape index (κ2) is 8.12. The normalized spacial score (nSPS) is 42.9. The molecule has 8 heteroatoms. The topological polar surface area (TPSA) is 141 Å². The molecule has 4 aliphatic carbocycles. The van der Waals surface area contributed by atoms with Gasteiger partial charge in [-0.1, -0.05) is 19.4 Å². The van der Waals surface area contributed by atoms with Gasteiger partial charge in [0.05, 0.1) is 11.5 Å². The molecule has 3 saturated carbocycles. The Balaban J connectivity index is 1.75. The molecule has 0 spiro atoms. The molecule has 0 bridgehead atoms. The second-order valence-corrected chi connectivity index (χ2v) is 10.6. The maximum atomic E-state index is 13.0. The summed E-state index contributed by atoms with van der Waals surface area (Å²) >= 11 is 0. The average Bonchev–Trinajstić information content (AvgIpc) is 3.04. The summed E-state index contributed by atoms with van der Waals surface area (Å²) in [6, 6.07) is 0. The first-order valence-electron chi connectivity index (χ1n) is 11.9. The smallest absolute Gasteiger partial charge is 0.336 e. The van der Waals surface area contributed by atoms with Crippen molar-refractivity contribution in [2.45, 2.75) is 77.1 Å². The Morgan fingerprint density at radius 2 is 1.94 bits per heavy atom. The molecule has 182 valence electrons. The van der Waals surface area contributed by atoms with E-state index >= 15 is 0 Å². The van der Waals surface area contributed by atoms with E-state index in [1.807, 2.05) is 13.8 Å². The maximum absolute atomic E-state index is 13.0. The number of aliphatic hydroxyl groups excluding tert-OH is 3. The molecular weight excluding hydrogens is 428 g/mol. The van der Waals surface area contributed by atoms with Crippen molar-refractivity contribution in [2.24, 2.45) is 28.6 Å². The molecule has 4 N–H and O–H groups in total. The molecule has 8 atom stereocenters. The lowest BCUT2D eigenvalue weighted by Crippen LogP contribution is -2.63. The number of Topliss-reactive ketones (excluding diaryl/α,β-unsaturated/α-hetero) is 1. The van der Waals surface area contributed by atoms with Crippen molar-refractivity contribution in [1.82, 2.24) is 0 Å². The van der Waals surface area contributed by atoms with E-state index in [2.05, 4.69) is 0 Å². The summed E-state index contributed by atoms with van der Waals surface area (Å²) in [5, 5.41) is 42.5. The van der Waals surface area contributed by atoms with Gasteiger partial charge in [0.1, 0.15) is 24.1 Å². The minimum Gasteiger partial charge on any atom is -0.428 e. The van der Waals surface area contributed by atoms with Crippen LogP contribution in [0.2, 0.25) is 0 Å². The van der Waals surface area contributed by atoms with Crippen LogP contribution >= 0.6 is 0 Å². The maximum Gasteiger partial charge on any atom is 0.336 e. The summed E-state index contributed by atoms with van der Waals surface area (Å²) in [6.45, 7) is 4.56. The Bertz CT molecular complexity index is 937. The predicted octanol–water partition coefficient (Wildman–Crippen LogP) is 1.20. The van der Waals surface area contributed by atoms with Crippen LogP contribution < -0.4 is 0 Å². The summed E-state index contributed by atoms with van der Waals surface area (Å²) in [5.74, 6) is -2.19. The molecule has 4 aliphatic rings. The molecule has 0 aromatic heterocycles. The van der Waals surface area contributed by atoms with Gasteiger partial charge >= 0.3 is 5.97 Å². The van der Waals surface area contributed by atoms with Gasteiger partial charge in [-0.05, 0) is 63.4 Å². The van der Waals surface area contributed by atoms with E-state index in [-0.39, 0.29) is 42.6 Å². The minimum atomic E-state index is -1.72. The fraction of sp³-hybridized carbons (Fsp3) is 0.720. The van der Waals surface area contributed by atoms with Gasteiger partial charge in [0, 0.05) is 17.4 Å². The number of fused-ring (bicyclic) bond motifs is 5. The lowest BCUT2D eigenvalue weighted by atomic mass is 9.45. The number of esters is 1. The third-order valence-electron chi connectivity index (χ3n) is 9.24. The van der Waals surface area contributed by atoms with Gasteiger partial charge in [-0.3, -0.25) is 9.59 Å². The molecule has 4 rings (SSSR count). The lowest BCUT2D eigenvalue weighted by Gasteiger charge is -2.60. The first-order valence-corrected chi connectivity index (χ1v) is 11.9. The van der Waals surface area contributed by atoms with Crippen LogP contribution in [0.4, 0.5) is 0 Å². The number of hydrogen-bond acceptors (Lipinski definition) is 8. The number of ether oxygens (including phenoxy) is 1. The SMILES string of the molecule is CCC(O)C(=O)[C@@]1(O)CC[C@H]2[C@@H]3CCC4=CC(=O)C=C(OC(=O)CO)[C@]4(C)[C@H]3[C@@H](O)C[C@@]21C. The van der Waals surface area contributed by atoms with Gasteiger partial charge in [0.15, 0.2) is 11.6 Å². The highest BCUT2D eigenvalue weighted by atomic mass is 16.5.